The molecule has 3 rings (SSSR count). The standard InChI is InChI=1S/C14H11ClN4S/c1-9-13(19-4-5-20-14(19)18-9)8-17-11-2-3-12(15)10(6-11)7-16/h2-6,17H,8H2,1H3. The molecule has 0 saturated heterocycles. The first-order valence-electron chi connectivity index (χ1n) is 6.03. The van der Waals surface area contributed by atoms with Gasteiger partial charge in [-0.25, -0.2) is 4.98 Å². The minimum atomic E-state index is 0.471. The number of rotatable bonds is 3. The van der Waals surface area contributed by atoms with Crippen molar-refractivity contribution in [3.05, 3.63) is 51.7 Å². The molecule has 0 spiro atoms. The summed E-state index contributed by atoms with van der Waals surface area (Å²) in [6.45, 7) is 2.65. The molecule has 0 radical (unpaired) electrons. The maximum Gasteiger partial charge on any atom is 0.194 e. The third-order valence-electron chi connectivity index (χ3n) is 3.11. The molecule has 1 aromatic carbocycles. The summed E-state index contributed by atoms with van der Waals surface area (Å²) in [7, 11) is 0. The quantitative estimate of drug-likeness (QED) is 0.799. The summed E-state index contributed by atoms with van der Waals surface area (Å²) in [5.74, 6) is 0. The summed E-state index contributed by atoms with van der Waals surface area (Å²) in [5, 5.41) is 14.8. The van der Waals surface area contributed by atoms with Gasteiger partial charge in [-0.3, -0.25) is 4.40 Å². The van der Waals surface area contributed by atoms with Crippen molar-refractivity contribution in [2.24, 2.45) is 0 Å². The van der Waals surface area contributed by atoms with Crippen LogP contribution in [0.5, 0.6) is 0 Å². The molecule has 20 heavy (non-hydrogen) atoms. The van der Waals surface area contributed by atoms with Gasteiger partial charge in [-0.05, 0) is 25.1 Å². The molecule has 4 nitrogen and oxygen atoms in total. The van der Waals surface area contributed by atoms with Gasteiger partial charge in [0.25, 0.3) is 0 Å². The Kier molecular flexibility index (Phi) is 3.35. The predicted octanol–water partition coefficient (Wildman–Crippen LogP) is 3.84. The first-order valence-corrected chi connectivity index (χ1v) is 7.29. The van der Waals surface area contributed by atoms with Crippen molar-refractivity contribution >= 4 is 33.6 Å². The van der Waals surface area contributed by atoms with Gasteiger partial charge < -0.3 is 5.32 Å². The predicted molar refractivity (Wildman–Crippen MR) is 81.3 cm³/mol. The first-order chi connectivity index (χ1) is 9.69. The fourth-order valence-electron chi connectivity index (χ4n) is 2.06. The highest BCUT2D eigenvalue weighted by atomic mass is 35.5. The summed E-state index contributed by atoms with van der Waals surface area (Å²) in [6, 6.07) is 7.42. The lowest BCUT2D eigenvalue weighted by molar-refractivity contribution is 0.994. The molecule has 1 N–H and O–H groups in total. The molecule has 3 aromatic rings. The zero-order valence-corrected chi connectivity index (χ0v) is 12.3. The SMILES string of the molecule is Cc1nc2sccn2c1CNc1ccc(Cl)c(C#N)c1. The van der Waals surface area contributed by atoms with Crippen molar-refractivity contribution in [3.8, 4) is 6.07 Å². The molecule has 2 heterocycles. The molecule has 100 valence electrons. The number of hydrogen-bond donors (Lipinski definition) is 1. The zero-order valence-electron chi connectivity index (χ0n) is 10.7. The molecule has 2 aromatic heterocycles. The number of hydrogen-bond acceptors (Lipinski definition) is 4. The molecule has 0 aliphatic carbocycles. The van der Waals surface area contributed by atoms with Gasteiger partial charge in [-0.1, -0.05) is 11.6 Å². The van der Waals surface area contributed by atoms with E-state index in [-0.39, 0.29) is 0 Å². The largest absolute Gasteiger partial charge is 0.379 e. The van der Waals surface area contributed by atoms with Crippen LogP contribution in [0, 0.1) is 18.3 Å². The molecule has 0 amide bonds. The van der Waals surface area contributed by atoms with Crippen molar-refractivity contribution in [1.82, 2.24) is 9.38 Å². The van der Waals surface area contributed by atoms with Gasteiger partial charge in [-0.15, -0.1) is 11.3 Å². The number of aryl methyl sites for hydroxylation is 1. The van der Waals surface area contributed by atoms with Gasteiger partial charge in [-0.2, -0.15) is 5.26 Å². The smallest absolute Gasteiger partial charge is 0.194 e. The summed E-state index contributed by atoms with van der Waals surface area (Å²) < 4.78 is 2.08. The van der Waals surface area contributed by atoms with Crippen molar-refractivity contribution in [2.75, 3.05) is 5.32 Å². The van der Waals surface area contributed by atoms with Crippen molar-refractivity contribution in [2.45, 2.75) is 13.5 Å². The van der Waals surface area contributed by atoms with Crippen molar-refractivity contribution in [1.29, 1.82) is 5.26 Å². The number of aromatic nitrogens is 2. The van der Waals surface area contributed by atoms with Crippen LogP contribution < -0.4 is 5.32 Å². The van der Waals surface area contributed by atoms with E-state index in [1.165, 1.54) is 0 Å². The van der Waals surface area contributed by atoms with E-state index in [9.17, 15) is 0 Å². The Labute approximate surface area is 125 Å². The number of nitriles is 1. The van der Waals surface area contributed by atoms with Gasteiger partial charge in [0.05, 0.1) is 28.5 Å². The maximum atomic E-state index is 8.98. The lowest BCUT2D eigenvalue weighted by Gasteiger charge is -2.07. The zero-order chi connectivity index (χ0) is 14.1. The minimum absolute atomic E-state index is 0.471. The Morgan fingerprint density at radius 1 is 1.50 bits per heavy atom. The molecular formula is C14H11ClN4S. The molecule has 0 aliphatic heterocycles. The topological polar surface area (TPSA) is 53.1 Å². The van der Waals surface area contributed by atoms with E-state index in [2.05, 4.69) is 20.8 Å². The third kappa shape index (κ3) is 2.24. The summed E-state index contributed by atoms with van der Waals surface area (Å²) in [4.78, 5) is 5.49. The van der Waals surface area contributed by atoms with E-state index < -0.39 is 0 Å². The Balaban J connectivity index is 1.85. The number of thiazole rings is 1. The lowest BCUT2D eigenvalue weighted by Crippen LogP contribution is -2.03. The summed E-state index contributed by atoms with van der Waals surface area (Å²) >= 11 is 7.54. The first kappa shape index (κ1) is 13.0. The normalized spacial score (nSPS) is 10.7. The van der Waals surface area contributed by atoms with Crippen LogP contribution in [0.25, 0.3) is 4.96 Å². The molecule has 6 heteroatoms. The van der Waals surface area contributed by atoms with E-state index >= 15 is 0 Å². The van der Waals surface area contributed by atoms with Gasteiger partial charge >= 0.3 is 0 Å². The second kappa shape index (κ2) is 5.16. The van der Waals surface area contributed by atoms with Gasteiger partial charge in [0, 0.05) is 17.3 Å². The molecule has 0 unspecified atom stereocenters. The summed E-state index contributed by atoms with van der Waals surface area (Å²) in [6.07, 6.45) is 2.01. The Hall–Kier alpha value is -2.03. The highest BCUT2D eigenvalue weighted by Gasteiger charge is 2.09. The number of nitrogens with zero attached hydrogens (tertiary/aromatic N) is 3. The Morgan fingerprint density at radius 3 is 3.15 bits per heavy atom. The highest BCUT2D eigenvalue weighted by Crippen LogP contribution is 2.21. The molecular weight excluding hydrogens is 292 g/mol. The number of benzene rings is 1. The van der Waals surface area contributed by atoms with Crippen LogP contribution in [0.3, 0.4) is 0 Å². The number of halogens is 1. The van der Waals surface area contributed by atoms with Crippen LogP contribution in [-0.2, 0) is 6.54 Å². The maximum absolute atomic E-state index is 8.98. The van der Waals surface area contributed by atoms with E-state index in [1.807, 2.05) is 24.6 Å². The van der Waals surface area contributed by atoms with Crippen LogP contribution in [-0.4, -0.2) is 9.38 Å². The molecule has 0 atom stereocenters. The Morgan fingerprint density at radius 2 is 2.35 bits per heavy atom. The lowest BCUT2D eigenvalue weighted by atomic mass is 10.2. The third-order valence-corrected chi connectivity index (χ3v) is 4.19. The van der Waals surface area contributed by atoms with Crippen LogP contribution in [0.15, 0.2) is 29.8 Å². The fourth-order valence-corrected chi connectivity index (χ4v) is 3.00. The van der Waals surface area contributed by atoms with E-state index in [1.54, 1.807) is 23.5 Å². The number of imidazole rings is 1. The average molecular weight is 303 g/mol. The summed E-state index contributed by atoms with van der Waals surface area (Å²) in [5.41, 5.74) is 3.48. The average Bonchev–Trinajstić information content (AvgIpc) is 2.99. The number of anilines is 1. The molecule has 0 saturated carbocycles. The number of nitrogens with one attached hydrogen (secondary N) is 1. The van der Waals surface area contributed by atoms with Crippen molar-refractivity contribution in [3.63, 3.8) is 0 Å². The van der Waals surface area contributed by atoms with E-state index in [0.29, 0.717) is 17.1 Å². The highest BCUT2D eigenvalue weighted by molar-refractivity contribution is 7.15. The van der Waals surface area contributed by atoms with Crippen molar-refractivity contribution < 1.29 is 0 Å². The van der Waals surface area contributed by atoms with E-state index in [4.69, 9.17) is 16.9 Å². The van der Waals surface area contributed by atoms with Gasteiger partial charge in [0.15, 0.2) is 4.96 Å². The monoisotopic (exact) mass is 302 g/mol. The van der Waals surface area contributed by atoms with Crippen LogP contribution >= 0.6 is 22.9 Å². The van der Waals surface area contributed by atoms with Crippen LogP contribution in [0.2, 0.25) is 5.02 Å². The van der Waals surface area contributed by atoms with Gasteiger partial charge in [0.1, 0.15) is 6.07 Å². The van der Waals surface area contributed by atoms with E-state index in [0.717, 1.165) is 22.0 Å². The van der Waals surface area contributed by atoms with Gasteiger partial charge in [0.2, 0.25) is 0 Å². The van der Waals surface area contributed by atoms with Crippen LogP contribution in [0.4, 0.5) is 5.69 Å². The Bertz CT molecular complexity index is 812. The molecule has 0 bridgehead atoms. The fraction of sp³-hybridized carbons (Fsp3) is 0.143. The minimum Gasteiger partial charge on any atom is -0.379 e. The molecule has 0 aliphatic rings. The second-order valence-corrected chi connectivity index (χ2v) is 5.64. The molecule has 0 fully saturated rings. The second-order valence-electron chi connectivity index (χ2n) is 4.36. The number of fused-ring (bicyclic) bond motifs is 1. The van der Waals surface area contributed by atoms with Crippen LogP contribution in [0.1, 0.15) is 17.0 Å².